The van der Waals surface area contributed by atoms with Crippen molar-refractivity contribution in [2.45, 2.75) is 33.0 Å². The number of carbonyl (C=O) groups is 1. The SMILES string of the molecule is CC(C)(C)OC(=O)COCc1ccc2nonc2c1. The van der Waals surface area contributed by atoms with Gasteiger partial charge in [-0.25, -0.2) is 9.42 Å². The van der Waals surface area contributed by atoms with Crippen LogP contribution >= 0.6 is 0 Å². The van der Waals surface area contributed by atoms with Gasteiger partial charge < -0.3 is 9.47 Å². The summed E-state index contributed by atoms with van der Waals surface area (Å²) in [6, 6.07) is 5.44. The van der Waals surface area contributed by atoms with Crippen molar-refractivity contribution in [3.8, 4) is 0 Å². The van der Waals surface area contributed by atoms with E-state index in [1.54, 1.807) is 12.1 Å². The van der Waals surface area contributed by atoms with E-state index in [-0.39, 0.29) is 12.6 Å². The van der Waals surface area contributed by atoms with Gasteiger partial charge in [-0.1, -0.05) is 6.07 Å². The third-order valence-electron chi connectivity index (χ3n) is 2.23. The Morgan fingerprint density at radius 3 is 2.74 bits per heavy atom. The van der Waals surface area contributed by atoms with Crippen LogP contribution in [-0.2, 0) is 20.9 Å². The minimum Gasteiger partial charge on any atom is -0.458 e. The first-order chi connectivity index (χ1) is 8.94. The highest BCUT2D eigenvalue weighted by Crippen LogP contribution is 2.12. The molecule has 1 heterocycles. The zero-order valence-corrected chi connectivity index (χ0v) is 11.2. The van der Waals surface area contributed by atoms with E-state index in [0.29, 0.717) is 17.6 Å². The van der Waals surface area contributed by atoms with Gasteiger partial charge in [0, 0.05) is 0 Å². The number of hydrogen-bond acceptors (Lipinski definition) is 6. The van der Waals surface area contributed by atoms with E-state index in [0.717, 1.165) is 5.56 Å². The van der Waals surface area contributed by atoms with Crippen molar-refractivity contribution in [2.75, 3.05) is 6.61 Å². The molecule has 0 spiro atoms. The summed E-state index contributed by atoms with van der Waals surface area (Å²) >= 11 is 0. The molecule has 0 aliphatic rings. The Balaban J connectivity index is 1.83. The molecular formula is C13H16N2O4. The lowest BCUT2D eigenvalue weighted by Crippen LogP contribution is -2.26. The molecule has 0 bridgehead atoms. The average Bonchev–Trinajstić information content (AvgIpc) is 2.73. The van der Waals surface area contributed by atoms with Crippen molar-refractivity contribution in [2.24, 2.45) is 0 Å². The molecule has 1 aromatic carbocycles. The highest BCUT2D eigenvalue weighted by atomic mass is 16.6. The molecule has 19 heavy (non-hydrogen) atoms. The van der Waals surface area contributed by atoms with Crippen LogP contribution in [0.3, 0.4) is 0 Å². The summed E-state index contributed by atoms with van der Waals surface area (Å²) in [5.41, 5.74) is 1.76. The third kappa shape index (κ3) is 4.03. The molecule has 0 fully saturated rings. The molecule has 1 aromatic heterocycles. The van der Waals surface area contributed by atoms with Gasteiger partial charge in [0.05, 0.1) is 6.61 Å². The van der Waals surface area contributed by atoms with Gasteiger partial charge in [0.25, 0.3) is 0 Å². The molecule has 0 unspecified atom stereocenters. The number of carbonyl (C=O) groups excluding carboxylic acids is 1. The standard InChI is InChI=1S/C13H16N2O4/c1-13(2,3)18-12(16)8-17-7-9-4-5-10-11(6-9)15-19-14-10/h4-6H,7-8H2,1-3H3. The third-order valence-corrected chi connectivity index (χ3v) is 2.23. The maximum Gasteiger partial charge on any atom is 0.332 e. The van der Waals surface area contributed by atoms with Gasteiger partial charge >= 0.3 is 5.97 Å². The number of aromatic nitrogens is 2. The molecule has 0 amide bonds. The Morgan fingerprint density at radius 1 is 1.26 bits per heavy atom. The molecule has 0 N–H and O–H groups in total. The second-order valence-electron chi connectivity index (χ2n) is 5.17. The van der Waals surface area contributed by atoms with Crippen LogP contribution in [0.15, 0.2) is 22.8 Å². The minimum absolute atomic E-state index is 0.0770. The van der Waals surface area contributed by atoms with Gasteiger partial charge in [0.2, 0.25) is 0 Å². The number of benzene rings is 1. The number of esters is 1. The summed E-state index contributed by atoms with van der Waals surface area (Å²) in [5, 5.41) is 7.45. The lowest BCUT2D eigenvalue weighted by Gasteiger charge is -2.19. The monoisotopic (exact) mass is 264 g/mol. The summed E-state index contributed by atoms with van der Waals surface area (Å²) in [7, 11) is 0. The molecule has 0 atom stereocenters. The van der Waals surface area contributed by atoms with Crippen molar-refractivity contribution in [1.82, 2.24) is 10.3 Å². The van der Waals surface area contributed by atoms with Gasteiger partial charge in [0.1, 0.15) is 23.2 Å². The highest BCUT2D eigenvalue weighted by Gasteiger charge is 2.16. The van der Waals surface area contributed by atoms with Gasteiger partial charge in [-0.05, 0) is 48.8 Å². The average molecular weight is 264 g/mol. The van der Waals surface area contributed by atoms with E-state index in [1.165, 1.54) is 0 Å². The van der Waals surface area contributed by atoms with Crippen molar-refractivity contribution >= 4 is 17.0 Å². The van der Waals surface area contributed by atoms with Crippen LogP contribution in [0.5, 0.6) is 0 Å². The Morgan fingerprint density at radius 2 is 2.00 bits per heavy atom. The first-order valence-corrected chi connectivity index (χ1v) is 5.95. The smallest absolute Gasteiger partial charge is 0.332 e. The fourth-order valence-electron chi connectivity index (χ4n) is 1.54. The van der Waals surface area contributed by atoms with Crippen LogP contribution in [0.2, 0.25) is 0 Å². The number of nitrogens with zero attached hydrogens (tertiary/aromatic N) is 2. The largest absolute Gasteiger partial charge is 0.458 e. The Bertz CT molecular complexity index is 571. The minimum atomic E-state index is -0.494. The molecule has 0 aliphatic heterocycles. The predicted octanol–water partition coefficient (Wildman–Crippen LogP) is 2.08. The topological polar surface area (TPSA) is 74.5 Å². The van der Waals surface area contributed by atoms with Crippen LogP contribution in [0.25, 0.3) is 11.0 Å². The van der Waals surface area contributed by atoms with E-state index in [1.807, 2.05) is 26.8 Å². The fourth-order valence-corrected chi connectivity index (χ4v) is 1.54. The van der Waals surface area contributed by atoms with Crippen molar-refractivity contribution in [3.05, 3.63) is 23.8 Å². The summed E-state index contributed by atoms with van der Waals surface area (Å²) in [5.74, 6) is -0.378. The molecule has 2 aromatic rings. The molecule has 6 nitrogen and oxygen atoms in total. The van der Waals surface area contributed by atoms with Crippen molar-refractivity contribution in [3.63, 3.8) is 0 Å². The normalized spacial score (nSPS) is 11.7. The van der Waals surface area contributed by atoms with Crippen molar-refractivity contribution < 1.29 is 18.9 Å². The Kier molecular flexibility index (Phi) is 3.80. The molecule has 102 valence electrons. The van der Waals surface area contributed by atoms with Crippen LogP contribution in [-0.4, -0.2) is 28.5 Å². The molecule has 2 rings (SSSR count). The van der Waals surface area contributed by atoms with Gasteiger partial charge in [-0.15, -0.1) is 0 Å². The zero-order valence-electron chi connectivity index (χ0n) is 11.2. The van der Waals surface area contributed by atoms with E-state index in [2.05, 4.69) is 14.9 Å². The molecule has 0 radical (unpaired) electrons. The maximum absolute atomic E-state index is 11.4. The van der Waals surface area contributed by atoms with E-state index in [9.17, 15) is 4.79 Å². The first kappa shape index (κ1) is 13.5. The quantitative estimate of drug-likeness (QED) is 0.787. The second kappa shape index (κ2) is 5.36. The van der Waals surface area contributed by atoms with Crippen molar-refractivity contribution in [1.29, 1.82) is 0 Å². The second-order valence-corrected chi connectivity index (χ2v) is 5.17. The fraction of sp³-hybridized carbons (Fsp3) is 0.462. The molecule has 0 saturated carbocycles. The molecule has 0 saturated heterocycles. The lowest BCUT2D eigenvalue weighted by molar-refractivity contribution is -0.160. The van der Waals surface area contributed by atoms with Gasteiger partial charge in [0.15, 0.2) is 0 Å². The highest BCUT2D eigenvalue weighted by molar-refractivity contribution is 5.73. The first-order valence-electron chi connectivity index (χ1n) is 5.95. The van der Waals surface area contributed by atoms with Gasteiger partial charge in [-0.3, -0.25) is 0 Å². The zero-order chi connectivity index (χ0) is 13.9. The maximum atomic E-state index is 11.4. The molecular weight excluding hydrogens is 248 g/mol. The molecule has 6 heteroatoms. The van der Waals surface area contributed by atoms with E-state index >= 15 is 0 Å². The number of fused-ring (bicyclic) bond motifs is 1. The van der Waals surface area contributed by atoms with Crippen LogP contribution in [0, 0.1) is 0 Å². The van der Waals surface area contributed by atoms with Crippen LogP contribution in [0.4, 0.5) is 0 Å². The predicted molar refractivity (Wildman–Crippen MR) is 67.3 cm³/mol. The summed E-state index contributed by atoms with van der Waals surface area (Å²) < 4.78 is 15.0. The van der Waals surface area contributed by atoms with Crippen LogP contribution in [0.1, 0.15) is 26.3 Å². The summed E-state index contributed by atoms with van der Waals surface area (Å²) in [6.07, 6.45) is 0. The summed E-state index contributed by atoms with van der Waals surface area (Å²) in [6.45, 7) is 5.68. The molecule has 0 aliphatic carbocycles. The number of hydrogen-bond donors (Lipinski definition) is 0. The Labute approximate surface area is 110 Å². The number of ether oxygens (including phenoxy) is 2. The summed E-state index contributed by atoms with van der Waals surface area (Å²) in [4.78, 5) is 11.4. The van der Waals surface area contributed by atoms with Crippen LogP contribution < -0.4 is 0 Å². The lowest BCUT2D eigenvalue weighted by atomic mass is 10.2. The van der Waals surface area contributed by atoms with E-state index in [4.69, 9.17) is 9.47 Å². The Hall–Kier alpha value is -1.95. The van der Waals surface area contributed by atoms with E-state index < -0.39 is 5.60 Å². The van der Waals surface area contributed by atoms with Gasteiger partial charge in [-0.2, -0.15) is 0 Å². The number of rotatable bonds is 4.